The number of nitrogens with two attached hydrogens (primary N) is 1. The molecule has 0 saturated carbocycles. The summed E-state index contributed by atoms with van der Waals surface area (Å²) in [5.74, 6) is -2.62. The summed E-state index contributed by atoms with van der Waals surface area (Å²) in [6.07, 6.45) is 4.99. The van der Waals surface area contributed by atoms with Crippen LogP contribution in [-0.2, 0) is 16.0 Å². The molecule has 4 aromatic rings. The Morgan fingerprint density at radius 2 is 1.87 bits per heavy atom. The third kappa shape index (κ3) is 3.80. The number of H-pyrrole nitrogens is 1. The Morgan fingerprint density at radius 1 is 1.10 bits per heavy atom. The first-order valence-electron chi connectivity index (χ1n) is 8.97. The molecule has 0 aliphatic rings. The number of hydrogen-bond acceptors (Lipinski definition) is 7. The van der Waals surface area contributed by atoms with Gasteiger partial charge in [0.2, 0.25) is 5.78 Å². The van der Waals surface area contributed by atoms with Gasteiger partial charge in [-0.3, -0.25) is 19.4 Å². The summed E-state index contributed by atoms with van der Waals surface area (Å²) in [4.78, 5) is 43.9. The van der Waals surface area contributed by atoms with Crippen LogP contribution in [0.4, 0.5) is 0 Å². The van der Waals surface area contributed by atoms with Crippen molar-refractivity contribution in [2.75, 3.05) is 0 Å². The second kappa shape index (κ2) is 8.21. The van der Waals surface area contributed by atoms with Gasteiger partial charge in [0.25, 0.3) is 11.8 Å². The largest absolute Gasteiger partial charge is 0.363 e. The third-order valence-electron chi connectivity index (χ3n) is 4.62. The molecule has 0 spiro atoms. The highest BCUT2D eigenvalue weighted by Crippen LogP contribution is 2.22. The average molecular weight is 420 g/mol. The van der Waals surface area contributed by atoms with Crippen LogP contribution in [0, 0.1) is 0 Å². The van der Waals surface area contributed by atoms with Crippen molar-refractivity contribution in [2.24, 2.45) is 5.73 Å². The minimum atomic E-state index is -1.14. The van der Waals surface area contributed by atoms with Crippen molar-refractivity contribution in [1.82, 2.24) is 24.0 Å². The van der Waals surface area contributed by atoms with Crippen molar-refractivity contribution in [2.45, 2.75) is 12.5 Å². The molecule has 2 amide bonds. The summed E-state index contributed by atoms with van der Waals surface area (Å²) >= 11 is 0.876. The van der Waals surface area contributed by atoms with Crippen LogP contribution in [0.15, 0.2) is 55.0 Å². The van der Waals surface area contributed by atoms with Gasteiger partial charge >= 0.3 is 0 Å². The zero-order valence-corrected chi connectivity index (χ0v) is 16.3. The number of aromatic amines is 1. The molecule has 4 N–H and O–H groups in total. The van der Waals surface area contributed by atoms with Crippen LogP contribution in [0.25, 0.3) is 22.2 Å². The average Bonchev–Trinajstić information content (AvgIpc) is 3.41. The lowest BCUT2D eigenvalue weighted by Crippen LogP contribution is -2.47. The van der Waals surface area contributed by atoms with Gasteiger partial charge in [-0.2, -0.15) is 8.75 Å². The molecule has 1 unspecified atom stereocenters. The monoisotopic (exact) mass is 420 g/mol. The number of benzene rings is 1. The fraction of sp³-hybridized carbons (Fsp3) is 0.100. The molecule has 0 saturated heterocycles. The van der Waals surface area contributed by atoms with E-state index in [2.05, 4.69) is 24.0 Å². The Bertz CT molecular complexity index is 1230. The van der Waals surface area contributed by atoms with E-state index in [9.17, 15) is 14.4 Å². The highest BCUT2D eigenvalue weighted by Gasteiger charge is 2.29. The first-order valence-corrected chi connectivity index (χ1v) is 9.70. The number of pyridine rings is 1. The van der Waals surface area contributed by atoms with Gasteiger partial charge in [-0.1, -0.05) is 18.2 Å². The summed E-state index contributed by atoms with van der Waals surface area (Å²) in [5, 5.41) is 3.49. The molecule has 30 heavy (non-hydrogen) atoms. The number of carbonyl (C=O) groups is 3. The summed E-state index contributed by atoms with van der Waals surface area (Å²) in [6.45, 7) is 0. The number of aromatic nitrogens is 4. The van der Waals surface area contributed by atoms with Crippen molar-refractivity contribution in [1.29, 1.82) is 0 Å². The molecule has 0 aliphatic carbocycles. The van der Waals surface area contributed by atoms with E-state index in [0.29, 0.717) is 11.3 Å². The molecule has 0 bridgehead atoms. The van der Waals surface area contributed by atoms with E-state index in [1.807, 2.05) is 24.3 Å². The molecule has 0 radical (unpaired) electrons. The Labute approximate surface area is 174 Å². The summed E-state index contributed by atoms with van der Waals surface area (Å²) in [6, 6.07) is 9.79. The normalized spacial score (nSPS) is 11.9. The molecule has 150 valence electrons. The van der Waals surface area contributed by atoms with Crippen LogP contribution >= 0.6 is 11.7 Å². The maximum Gasteiger partial charge on any atom is 0.287 e. The van der Waals surface area contributed by atoms with Crippen molar-refractivity contribution in [3.8, 4) is 11.3 Å². The van der Waals surface area contributed by atoms with Gasteiger partial charge in [-0.25, -0.2) is 0 Å². The van der Waals surface area contributed by atoms with E-state index in [1.165, 1.54) is 0 Å². The van der Waals surface area contributed by atoms with Gasteiger partial charge < -0.3 is 16.0 Å². The van der Waals surface area contributed by atoms with Gasteiger partial charge in [-0.15, -0.1) is 0 Å². The molecule has 3 heterocycles. The van der Waals surface area contributed by atoms with Gasteiger partial charge in [0.1, 0.15) is 11.7 Å². The number of primary amides is 1. The SMILES string of the molecule is NC(=O)C(=O)C(Cc1c[nH]c2ccccc12)NC(=O)c1nsnc1-c1ccncc1. The van der Waals surface area contributed by atoms with Gasteiger partial charge in [0.05, 0.1) is 11.7 Å². The molecule has 3 aromatic heterocycles. The molecule has 1 aromatic carbocycles. The van der Waals surface area contributed by atoms with Crippen LogP contribution in [0.2, 0.25) is 0 Å². The highest BCUT2D eigenvalue weighted by atomic mass is 32.1. The molecule has 0 aliphatic heterocycles. The Hall–Kier alpha value is -3.92. The number of nitrogens with zero attached hydrogens (tertiary/aromatic N) is 3. The van der Waals surface area contributed by atoms with Gasteiger partial charge in [0, 0.05) is 41.5 Å². The molecule has 4 rings (SSSR count). The lowest BCUT2D eigenvalue weighted by atomic mass is 10.0. The standard InChI is InChI=1S/C20H16N6O3S/c21-19(28)18(27)15(9-12-10-23-14-4-2-1-3-13(12)14)24-20(29)17-16(25-30-26-17)11-5-7-22-8-6-11/h1-8,10,15,23H,9H2,(H2,21,28)(H,24,29). The van der Waals surface area contributed by atoms with E-state index in [0.717, 1.165) is 28.2 Å². The second-order valence-electron chi connectivity index (χ2n) is 6.52. The quantitative estimate of drug-likeness (QED) is 0.386. The van der Waals surface area contributed by atoms with E-state index >= 15 is 0 Å². The van der Waals surface area contributed by atoms with Crippen LogP contribution < -0.4 is 11.1 Å². The number of ketones is 1. The fourth-order valence-corrected chi connectivity index (χ4v) is 3.73. The Kier molecular flexibility index (Phi) is 5.31. The summed E-state index contributed by atoms with van der Waals surface area (Å²) in [5.41, 5.74) is 7.97. The zero-order valence-electron chi connectivity index (χ0n) is 15.5. The van der Waals surface area contributed by atoms with Gasteiger partial charge in [0.15, 0.2) is 5.69 Å². The fourth-order valence-electron chi connectivity index (χ4n) is 3.16. The lowest BCUT2D eigenvalue weighted by molar-refractivity contribution is -0.137. The highest BCUT2D eigenvalue weighted by molar-refractivity contribution is 6.99. The van der Waals surface area contributed by atoms with Crippen LogP contribution in [0.1, 0.15) is 16.1 Å². The number of nitrogens with one attached hydrogen (secondary N) is 2. The Morgan fingerprint density at radius 3 is 2.63 bits per heavy atom. The number of amides is 2. The van der Waals surface area contributed by atoms with Crippen molar-refractivity contribution < 1.29 is 14.4 Å². The summed E-state index contributed by atoms with van der Waals surface area (Å²) in [7, 11) is 0. The van der Waals surface area contributed by atoms with Crippen molar-refractivity contribution in [3.63, 3.8) is 0 Å². The predicted molar refractivity (Wildman–Crippen MR) is 111 cm³/mol. The molecule has 1 atom stereocenters. The van der Waals surface area contributed by atoms with E-state index < -0.39 is 23.6 Å². The molecular formula is C20H16N6O3S. The lowest BCUT2D eigenvalue weighted by Gasteiger charge is -2.15. The molecule has 10 heteroatoms. The summed E-state index contributed by atoms with van der Waals surface area (Å²) < 4.78 is 8.23. The first kappa shape index (κ1) is 19.4. The molecular weight excluding hydrogens is 404 g/mol. The number of Topliss-reactive ketones (excluding diaryl/α,β-unsaturated/α-hetero) is 1. The van der Waals surface area contributed by atoms with Crippen molar-refractivity contribution >= 4 is 40.2 Å². The van der Waals surface area contributed by atoms with Crippen LogP contribution in [0.3, 0.4) is 0 Å². The Balaban J connectivity index is 1.62. The minimum absolute atomic E-state index is 0.0624. The predicted octanol–water partition coefficient (Wildman–Crippen LogP) is 1.48. The van der Waals surface area contributed by atoms with E-state index in [1.54, 1.807) is 30.7 Å². The number of hydrogen-bond donors (Lipinski definition) is 3. The van der Waals surface area contributed by atoms with Crippen LogP contribution in [0.5, 0.6) is 0 Å². The molecule has 9 nitrogen and oxygen atoms in total. The molecule has 0 fully saturated rings. The number of para-hydroxylation sites is 1. The third-order valence-corrected chi connectivity index (χ3v) is 5.15. The number of carbonyl (C=O) groups excluding carboxylic acids is 3. The maximum atomic E-state index is 12.9. The topological polar surface area (TPSA) is 144 Å². The number of fused-ring (bicyclic) bond motifs is 1. The van der Waals surface area contributed by atoms with Crippen LogP contribution in [-0.4, -0.2) is 42.4 Å². The first-order chi connectivity index (χ1) is 14.5. The van der Waals surface area contributed by atoms with E-state index in [4.69, 9.17) is 5.73 Å². The number of rotatable bonds is 7. The van der Waals surface area contributed by atoms with Gasteiger partial charge in [-0.05, 0) is 23.8 Å². The second-order valence-corrected chi connectivity index (χ2v) is 7.04. The zero-order chi connectivity index (χ0) is 21.1. The van der Waals surface area contributed by atoms with Crippen molar-refractivity contribution in [3.05, 3.63) is 66.2 Å². The minimum Gasteiger partial charge on any atom is -0.363 e. The smallest absolute Gasteiger partial charge is 0.287 e. The maximum absolute atomic E-state index is 12.9. The van der Waals surface area contributed by atoms with E-state index in [-0.39, 0.29) is 12.1 Å².